The van der Waals surface area contributed by atoms with Crippen molar-refractivity contribution in [2.75, 3.05) is 6.54 Å². The largest absolute Gasteiger partial charge is 0.347 e. The second-order valence-electron chi connectivity index (χ2n) is 3.06. The van der Waals surface area contributed by atoms with E-state index in [1.807, 2.05) is 0 Å². The van der Waals surface area contributed by atoms with Crippen molar-refractivity contribution in [3.8, 4) is 0 Å². The molecule has 4 nitrogen and oxygen atoms in total. The van der Waals surface area contributed by atoms with Crippen LogP contribution in [0.15, 0.2) is 0 Å². The summed E-state index contributed by atoms with van der Waals surface area (Å²) in [6.45, 7) is 0.461. The Hall–Kier alpha value is -0.900. The molecule has 0 spiro atoms. The van der Waals surface area contributed by atoms with E-state index in [2.05, 4.69) is 5.32 Å². The molecule has 12 heavy (non-hydrogen) atoms. The first-order valence-corrected chi connectivity index (χ1v) is 4.28. The summed E-state index contributed by atoms with van der Waals surface area (Å²) in [5, 5.41) is 2.63. The summed E-state index contributed by atoms with van der Waals surface area (Å²) in [5.41, 5.74) is 5.21. The summed E-state index contributed by atoms with van der Waals surface area (Å²) in [6, 6.07) is 0.263. The minimum atomic E-state index is -0.439. The van der Waals surface area contributed by atoms with Crippen molar-refractivity contribution in [3.63, 3.8) is 0 Å². The third-order valence-electron chi connectivity index (χ3n) is 1.77. The molecule has 1 amide bonds. The van der Waals surface area contributed by atoms with Gasteiger partial charge in [0, 0.05) is 12.5 Å². The predicted molar refractivity (Wildman–Crippen MR) is 44.5 cm³/mol. The highest BCUT2D eigenvalue weighted by Gasteiger charge is 2.25. The van der Waals surface area contributed by atoms with E-state index < -0.39 is 5.91 Å². The van der Waals surface area contributed by atoms with Crippen LogP contribution in [0.25, 0.3) is 0 Å². The molecule has 0 saturated heterocycles. The van der Waals surface area contributed by atoms with Crippen LogP contribution in [-0.4, -0.2) is 24.3 Å². The fourth-order valence-electron chi connectivity index (χ4n) is 0.870. The number of carbonyl (C=O) groups is 2. The van der Waals surface area contributed by atoms with Crippen molar-refractivity contribution < 1.29 is 9.59 Å². The number of hydrogen-bond acceptors (Lipinski definition) is 3. The Morgan fingerprint density at radius 1 is 1.42 bits per heavy atom. The smallest absolute Gasteiger partial charge is 0.287 e. The van der Waals surface area contributed by atoms with Crippen LogP contribution in [0.4, 0.5) is 0 Å². The summed E-state index contributed by atoms with van der Waals surface area (Å²) >= 11 is 0. The molecule has 1 aliphatic carbocycles. The van der Waals surface area contributed by atoms with Gasteiger partial charge in [-0.2, -0.15) is 0 Å². The van der Waals surface area contributed by atoms with Crippen molar-refractivity contribution in [2.24, 2.45) is 5.73 Å². The standard InChI is InChI=1S/C8H14N2O2/c9-5-1-2-7(11)8(12)10-6-3-4-6/h6H,1-5,9H2,(H,10,12). The summed E-state index contributed by atoms with van der Waals surface area (Å²) in [6.07, 6.45) is 2.89. The first-order chi connectivity index (χ1) is 5.74. The highest BCUT2D eigenvalue weighted by molar-refractivity contribution is 6.36. The Bertz CT molecular complexity index is 187. The van der Waals surface area contributed by atoms with E-state index in [-0.39, 0.29) is 18.2 Å². The van der Waals surface area contributed by atoms with Gasteiger partial charge in [-0.15, -0.1) is 0 Å². The Labute approximate surface area is 71.5 Å². The highest BCUT2D eigenvalue weighted by Crippen LogP contribution is 2.18. The molecule has 3 N–H and O–H groups in total. The van der Waals surface area contributed by atoms with Crippen LogP contribution >= 0.6 is 0 Å². The molecule has 0 heterocycles. The van der Waals surface area contributed by atoms with Gasteiger partial charge >= 0.3 is 0 Å². The van der Waals surface area contributed by atoms with Crippen LogP contribution < -0.4 is 11.1 Å². The first-order valence-electron chi connectivity index (χ1n) is 4.28. The van der Waals surface area contributed by atoms with Gasteiger partial charge in [0.1, 0.15) is 0 Å². The van der Waals surface area contributed by atoms with Gasteiger partial charge in [0.2, 0.25) is 5.78 Å². The molecule has 1 saturated carbocycles. The molecular weight excluding hydrogens is 156 g/mol. The molecule has 0 aliphatic heterocycles. The number of carbonyl (C=O) groups excluding carboxylic acids is 2. The van der Waals surface area contributed by atoms with E-state index in [1.54, 1.807) is 0 Å². The van der Waals surface area contributed by atoms with Gasteiger partial charge in [-0.1, -0.05) is 0 Å². The van der Waals surface area contributed by atoms with Gasteiger partial charge in [-0.05, 0) is 25.8 Å². The minimum absolute atomic E-state index is 0.263. The molecule has 0 atom stereocenters. The number of ketones is 1. The van der Waals surface area contributed by atoms with Gasteiger partial charge in [0.25, 0.3) is 5.91 Å². The van der Waals surface area contributed by atoms with Crippen molar-refractivity contribution in [3.05, 3.63) is 0 Å². The average molecular weight is 170 g/mol. The lowest BCUT2D eigenvalue weighted by molar-refractivity contribution is -0.138. The summed E-state index contributed by atoms with van der Waals surface area (Å²) in [5.74, 6) is -0.779. The van der Waals surface area contributed by atoms with Gasteiger partial charge in [0.15, 0.2) is 0 Å². The van der Waals surface area contributed by atoms with Crippen LogP contribution in [-0.2, 0) is 9.59 Å². The summed E-state index contributed by atoms with van der Waals surface area (Å²) < 4.78 is 0. The van der Waals surface area contributed by atoms with E-state index in [1.165, 1.54) is 0 Å². The lowest BCUT2D eigenvalue weighted by Crippen LogP contribution is -2.32. The molecule has 1 rings (SSSR count). The molecule has 4 heteroatoms. The SMILES string of the molecule is NCCCC(=O)C(=O)NC1CC1. The lowest BCUT2D eigenvalue weighted by Gasteiger charge is -2.00. The van der Waals surface area contributed by atoms with Gasteiger partial charge in [-0.25, -0.2) is 0 Å². The topological polar surface area (TPSA) is 72.2 Å². The zero-order chi connectivity index (χ0) is 8.97. The third kappa shape index (κ3) is 3.00. The van der Waals surface area contributed by atoms with Crippen LogP contribution in [0.2, 0.25) is 0 Å². The Morgan fingerprint density at radius 3 is 2.58 bits per heavy atom. The van der Waals surface area contributed by atoms with Crippen molar-refractivity contribution >= 4 is 11.7 Å². The fraction of sp³-hybridized carbons (Fsp3) is 0.750. The zero-order valence-corrected chi connectivity index (χ0v) is 7.01. The quantitative estimate of drug-likeness (QED) is 0.550. The zero-order valence-electron chi connectivity index (χ0n) is 7.01. The number of Topliss-reactive ketones (excluding diaryl/α,β-unsaturated/α-hetero) is 1. The van der Waals surface area contributed by atoms with Crippen molar-refractivity contribution in [1.82, 2.24) is 5.32 Å². The molecule has 0 aromatic carbocycles. The molecule has 0 radical (unpaired) electrons. The summed E-state index contributed by atoms with van der Waals surface area (Å²) in [7, 11) is 0. The van der Waals surface area contributed by atoms with Crippen LogP contribution in [0.3, 0.4) is 0 Å². The molecule has 0 unspecified atom stereocenters. The molecule has 0 bridgehead atoms. The molecular formula is C8H14N2O2. The number of nitrogens with two attached hydrogens (primary N) is 1. The van der Waals surface area contributed by atoms with E-state index in [0.29, 0.717) is 13.0 Å². The highest BCUT2D eigenvalue weighted by atomic mass is 16.2. The van der Waals surface area contributed by atoms with Gasteiger partial charge in [0.05, 0.1) is 0 Å². The maximum atomic E-state index is 11.0. The maximum absolute atomic E-state index is 11.0. The first kappa shape index (κ1) is 9.19. The second kappa shape index (κ2) is 4.21. The van der Waals surface area contributed by atoms with Gasteiger partial charge < -0.3 is 11.1 Å². The third-order valence-corrected chi connectivity index (χ3v) is 1.77. The number of amides is 1. The monoisotopic (exact) mass is 170 g/mol. The Kier molecular flexibility index (Phi) is 3.22. The van der Waals surface area contributed by atoms with Crippen molar-refractivity contribution in [2.45, 2.75) is 31.7 Å². The number of hydrogen-bond donors (Lipinski definition) is 2. The molecule has 1 fully saturated rings. The molecule has 0 aromatic rings. The number of rotatable bonds is 5. The van der Waals surface area contributed by atoms with Crippen LogP contribution in [0, 0.1) is 0 Å². The normalized spacial score (nSPS) is 15.8. The Morgan fingerprint density at radius 2 is 2.08 bits per heavy atom. The maximum Gasteiger partial charge on any atom is 0.287 e. The van der Waals surface area contributed by atoms with E-state index >= 15 is 0 Å². The second-order valence-corrected chi connectivity index (χ2v) is 3.06. The summed E-state index contributed by atoms with van der Waals surface area (Å²) in [4.78, 5) is 22.0. The van der Waals surface area contributed by atoms with E-state index in [4.69, 9.17) is 5.73 Å². The minimum Gasteiger partial charge on any atom is -0.347 e. The molecule has 1 aliphatic rings. The fourth-order valence-corrected chi connectivity index (χ4v) is 0.870. The predicted octanol–water partition coefficient (Wildman–Crippen LogP) is -0.427. The molecule has 68 valence electrons. The van der Waals surface area contributed by atoms with Gasteiger partial charge in [-0.3, -0.25) is 9.59 Å². The average Bonchev–Trinajstić information content (AvgIpc) is 2.83. The van der Waals surface area contributed by atoms with Crippen LogP contribution in [0.1, 0.15) is 25.7 Å². The lowest BCUT2D eigenvalue weighted by atomic mass is 10.2. The number of nitrogens with one attached hydrogen (secondary N) is 1. The van der Waals surface area contributed by atoms with Crippen molar-refractivity contribution in [1.29, 1.82) is 0 Å². The Balaban J connectivity index is 2.15. The van der Waals surface area contributed by atoms with E-state index in [0.717, 1.165) is 12.8 Å². The molecule has 0 aromatic heterocycles. The van der Waals surface area contributed by atoms with E-state index in [9.17, 15) is 9.59 Å². The van der Waals surface area contributed by atoms with Crippen LogP contribution in [0.5, 0.6) is 0 Å².